The fraction of sp³-hybridized carbons (Fsp3) is 0.500. The molecule has 1 N–H and O–H groups in total. The molecule has 0 atom stereocenters. The summed E-state index contributed by atoms with van der Waals surface area (Å²) in [6, 6.07) is 7.88. The van der Waals surface area contributed by atoms with Gasteiger partial charge in [0.25, 0.3) is 11.2 Å². The van der Waals surface area contributed by atoms with Gasteiger partial charge in [0.1, 0.15) is 12.4 Å². The Bertz CT molecular complexity index is 1060. The van der Waals surface area contributed by atoms with Gasteiger partial charge in [-0.05, 0) is 24.9 Å². The molecule has 1 aromatic carbocycles. The molecule has 0 aliphatic rings. The molecule has 1 aromatic heterocycles. The first-order valence-corrected chi connectivity index (χ1v) is 10.8. The summed E-state index contributed by atoms with van der Waals surface area (Å²) in [5.74, 6) is 0.181. The lowest BCUT2D eigenvalue weighted by Gasteiger charge is -2.23. The number of hydrogen-bond acceptors (Lipinski definition) is 8. The molecule has 0 saturated carbocycles. The van der Waals surface area contributed by atoms with Gasteiger partial charge >= 0.3 is 11.7 Å². The molecule has 2 rings (SSSR count). The van der Waals surface area contributed by atoms with Crippen LogP contribution in [0.25, 0.3) is 0 Å². The van der Waals surface area contributed by atoms with Crippen LogP contribution >= 0.6 is 0 Å². The highest BCUT2D eigenvalue weighted by Crippen LogP contribution is 2.13. The maximum absolute atomic E-state index is 12.1. The van der Waals surface area contributed by atoms with E-state index >= 15 is 0 Å². The molecule has 0 radical (unpaired) electrons. The van der Waals surface area contributed by atoms with Crippen molar-refractivity contribution in [1.82, 2.24) is 14.0 Å². The lowest BCUT2D eigenvalue weighted by Crippen LogP contribution is -2.38. The number of benzene rings is 1. The zero-order chi connectivity index (χ0) is 24.4. The zero-order valence-electron chi connectivity index (χ0n) is 19.3. The highest BCUT2D eigenvalue weighted by molar-refractivity contribution is 5.68. The van der Waals surface area contributed by atoms with Crippen LogP contribution in [-0.2, 0) is 30.0 Å². The first-order chi connectivity index (χ1) is 15.7. The van der Waals surface area contributed by atoms with Crippen LogP contribution in [0.1, 0.15) is 25.3 Å². The van der Waals surface area contributed by atoms with E-state index in [4.69, 9.17) is 4.74 Å². The van der Waals surface area contributed by atoms with Crippen molar-refractivity contribution in [3.05, 3.63) is 66.8 Å². The van der Waals surface area contributed by atoms with Crippen molar-refractivity contribution in [1.29, 1.82) is 0 Å². The molecule has 0 bridgehead atoms. The number of esters is 1. The summed E-state index contributed by atoms with van der Waals surface area (Å²) in [5.41, 5.74) is 0.281. The number of hydrogen-bond donors (Lipinski definition) is 1. The summed E-state index contributed by atoms with van der Waals surface area (Å²) in [5, 5.41) is 13.9. The van der Waals surface area contributed by atoms with E-state index < -0.39 is 10.6 Å². The normalized spacial score (nSPS) is 10.9. The van der Waals surface area contributed by atoms with Crippen LogP contribution in [0.3, 0.4) is 0 Å². The average molecular weight is 462 g/mol. The number of nitrogens with zero attached hydrogens (tertiary/aromatic N) is 4. The van der Waals surface area contributed by atoms with E-state index in [1.807, 2.05) is 0 Å². The number of nitro benzene ring substituents is 1. The van der Waals surface area contributed by atoms with E-state index in [0.29, 0.717) is 31.9 Å². The topological polar surface area (TPSA) is 129 Å². The number of nitrogens with one attached hydrogen (secondary N) is 1. The van der Waals surface area contributed by atoms with Gasteiger partial charge in [-0.25, -0.2) is 4.79 Å². The maximum atomic E-state index is 12.1. The van der Waals surface area contributed by atoms with E-state index in [1.165, 1.54) is 29.8 Å². The molecular formula is C22H31N5O6. The number of carbonyl (C=O) groups excluding carboxylic acids is 1. The van der Waals surface area contributed by atoms with E-state index in [2.05, 4.69) is 10.2 Å². The van der Waals surface area contributed by atoms with E-state index in [0.717, 1.165) is 29.5 Å². The van der Waals surface area contributed by atoms with Crippen LogP contribution in [-0.4, -0.2) is 57.7 Å². The molecule has 0 spiro atoms. The van der Waals surface area contributed by atoms with Crippen molar-refractivity contribution in [2.45, 2.75) is 26.2 Å². The lowest BCUT2D eigenvalue weighted by atomic mass is 10.1. The Morgan fingerprint density at radius 3 is 2.45 bits per heavy atom. The minimum Gasteiger partial charge on any atom is -0.464 e. The molecule has 2 aromatic rings. The number of rotatable bonds is 13. The Kier molecular flexibility index (Phi) is 9.80. The van der Waals surface area contributed by atoms with E-state index in [1.54, 1.807) is 26.1 Å². The van der Waals surface area contributed by atoms with Crippen LogP contribution in [0, 0.1) is 10.1 Å². The molecule has 0 unspecified atom stereocenters. The molecule has 0 saturated heterocycles. The number of non-ortho nitro benzene ring substituents is 1. The molecule has 11 nitrogen and oxygen atoms in total. The summed E-state index contributed by atoms with van der Waals surface area (Å²) in [7, 11) is 3.02. The van der Waals surface area contributed by atoms with Crippen molar-refractivity contribution in [3.8, 4) is 0 Å². The Labute approximate surface area is 191 Å². The van der Waals surface area contributed by atoms with Crippen LogP contribution in [0.2, 0.25) is 0 Å². The molecule has 0 aliphatic heterocycles. The van der Waals surface area contributed by atoms with Gasteiger partial charge in [0.2, 0.25) is 0 Å². The minimum absolute atomic E-state index is 0.0642. The Morgan fingerprint density at radius 1 is 1.12 bits per heavy atom. The Hall–Kier alpha value is -3.47. The van der Waals surface area contributed by atoms with Gasteiger partial charge in [-0.15, -0.1) is 0 Å². The zero-order valence-corrected chi connectivity index (χ0v) is 19.3. The van der Waals surface area contributed by atoms with Crippen LogP contribution < -0.4 is 16.6 Å². The third-order valence-corrected chi connectivity index (χ3v) is 5.31. The number of aromatic nitrogens is 2. The largest absolute Gasteiger partial charge is 0.464 e. The molecule has 11 heteroatoms. The second kappa shape index (κ2) is 12.5. The van der Waals surface area contributed by atoms with Crippen LogP contribution in [0.4, 0.5) is 11.5 Å². The van der Waals surface area contributed by atoms with Gasteiger partial charge in [0.05, 0.1) is 4.92 Å². The van der Waals surface area contributed by atoms with Gasteiger partial charge in [0, 0.05) is 58.3 Å². The van der Waals surface area contributed by atoms with Gasteiger partial charge in [-0.1, -0.05) is 19.1 Å². The number of anilines is 1. The predicted octanol–water partition coefficient (Wildman–Crippen LogP) is 1.29. The van der Waals surface area contributed by atoms with E-state index in [-0.39, 0.29) is 23.8 Å². The summed E-state index contributed by atoms with van der Waals surface area (Å²) in [6.45, 7) is 4.37. The van der Waals surface area contributed by atoms with Crippen LogP contribution in [0.5, 0.6) is 0 Å². The predicted molar refractivity (Wildman–Crippen MR) is 125 cm³/mol. The van der Waals surface area contributed by atoms with Gasteiger partial charge in [-0.2, -0.15) is 0 Å². The highest BCUT2D eigenvalue weighted by atomic mass is 16.6. The minimum atomic E-state index is -0.422. The number of nitro groups is 1. The first kappa shape index (κ1) is 25.8. The molecule has 0 amide bonds. The third-order valence-electron chi connectivity index (χ3n) is 5.31. The Balaban J connectivity index is 1.92. The van der Waals surface area contributed by atoms with Crippen molar-refractivity contribution in [3.63, 3.8) is 0 Å². The number of ether oxygens (including phenoxy) is 1. The smallest absolute Gasteiger partial charge is 0.332 e. The van der Waals surface area contributed by atoms with E-state index in [9.17, 15) is 24.5 Å². The van der Waals surface area contributed by atoms with Crippen molar-refractivity contribution in [2.75, 3.05) is 38.1 Å². The molecule has 1 heterocycles. The number of aryl methyl sites for hydroxylation is 1. The van der Waals surface area contributed by atoms with Crippen LogP contribution in [0.15, 0.2) is 39.9 Å². The average Bonchev–Trinajstić information content (AvgIpc) is 2.80. The molecule has 33 heavy (non-hydrogen) atoms. The maximum Gasteiger partial charge on any atom is 0.332 e. The second-order valence-corrected chi connectivity index (χ2v) is 7.64. The summed E-state index contributed by atoms with van der Waals surface area (Å²) in [4.78, 5) is 47.9. The van der Waals surface area contributed by atoms with Crippen molar-refractivity contribution < 1.29 is 14.5 Å². The summed E-state index contributed by atoms with van der Waals surface area (Å²) < 4.78 is 7.61. The van der Waals surface area contributed by atoms with Gasteiger partial charge in [-0.3, -0.25) is 33.7 Å². The van der Waals surface area contributed by atoms with Gasteiger partial charge in [0.15, 0.2) is 0 Å². The second-order valence-electron chi connectivity index (χ2n) is 7.64. The summed E-state index contributed by atoms with van der Waals surface area (Å²) >= 11 is 0. The Morgan fingerprint density at radius 2 is 1.82 bits per heavy atom. The molecule has 180 valence electrons. The molecular weight excluding hydrogens is 430 g/mol. The standard InChI is InChI=1S/C22H31N5O6/c1-4-21(29)33-15-14-26(12-5-6-17-7-9-18(10-8-17)27(31)32)13-11-23-19-16-20(28)25(3)22(30)24(19)2/h7-10,16,23H,4-6,11-15H2,1-3H3. The van der Waals surface area contributed by atoms with Crippen molar-refractivity contribution >= 4 is 17.5 Å². The van der Waals surface area contributed by atoms with Crippen molar-refractivity contribution in [2.24, 2.45) is 14.1 Å². The fourth-order valence-corrected chi connectivity index (χ4v) is 3.26. The highest BCUT2D eigenvalue weighted by Gasteiger charge is 2.10. The van der Waals surface area contributed by atoms with Gasteiger partial charge < -0.3 is 10.1 Å². The molecule has 0 fully saturated rings. The lowest BCUT2D eigenvalue weighted by molar-refractivity contribution is -0.384. The quantitative estimate of drug-likeness (QED) is 0.268. The monoisotopic (exact) mass is 461 g/mol. The SMILES string of the molecule is CCC(=O)OCCN(CCCc1ccc([N+](=O)[O-])cc1)CCNc1cc(=O)n(C)c(=O)n1C. The molecule has 0 aliphatic carbocycles. The first-order valence-electron chi connectivity index (χ1n) is 10.8. The number of carbonyl (C=O) groups is 1. The third kappa shape index (κ3) is 7.86. The fourth-order valence-electron chi connectivity index (χ4n) is 3.26. The summed E-state index contributed by atoms with van der Waals surface area (Å²) in [6.07, 6.45) is 1.88.